The smallest absolute Gasteiger partial charge is 0.416 e. The average molecular weight is 571 g/mol. The summed E-state index contributed by atoms with van der Waals surface area (Å²) in [5.41, 5.74) is 17.7. The van der Waals surface area contributed by atoms with E-state index in [-0.39, 0.29) is 17.1 Å². The van der Waals surface area contributed by atoms with Crippen LogP contribution in [-0.4, -0.2) is 19.7 Å². The third kappa shape index (κ3) is 5.22. The molecule has 0 aliphatic carbocycles. The Morgan fingerprint density at radius 1 is 1.00 bits per heavy atom. The van der Waals surface area contributed by atoms with Crippen LogP contribution in [0.15, 0.2) is 71.2 Å². The average Bonchev–Trinajstić information content (AvgIpc) is 2.79. The highest BCUT2D eigenvalue weighted by Crippen LogP contribution is 2.48. The van der Waals surface area contributed by atoms with E-state index in [2.05, 4.69) is 15.9 Å². The largest absolute Gasteiger partial charge is 0.495 e. The van der Waals surface area contributed by atoms with Crippen molar-refractivity contribution in [2.45, 2.75) is 36.5 Å². The number of alkyl halides is 3. The number of nitrogens with two attached hydrogens (primary N) is 3. The highest BCUT2D eigenvalue weighted by atomic mass is 79.9. The molecule has 3 aromatic carbocycles. The molecule has 0 saturated heterocycles. The van der Waals surface area contributed by atoms with Gasteiger partial charge in [-0.25, -0.2) is 0 Å². The van der Waals surface area contributed by atoms with Crippen LogP contribution in [0, 0.1) is 0 Å². The van der Waals surface area contributed by atoms with Gasteiger partial charge in [0.2, 0.25) is 0 Å². The standard InChI is InChI=1S/C26H28BrClF3N3O/c1-24(34,19-8-3-4-9-20(19)26(29,30)31)25(15-32,17-10-11-22(35-2)21(28)14-17)23(33)13-16-6-5-7-18(27)12-16/h3-12,14,23H,13,15,32-34H2,1-2H3. The monoisotopic (exact) mass is 569 g/mol. The lowest BCUT2D eigenvalue weighted by Crippen LogP contribution is -2.66. The SMILES string of the molecule is COc1ccc(C(CN)(C(N)Cc2cccc(Br)c2)C(C)(N)c2ccccc2C(F)(F)F)cc1Cl. The molecule has 3 rings (SSSR count). The highest BCUT2D eigenvalue weighted by Gasteiger charge is 2.53. The third-order valence-electron chi connectivity index (χ3n) is 6.69. The van der Waals surface area contributed by atoms with E-state index >= 15 is 0 Å². The van der Waals surface area contributed by atoms with Crippen molar-refractivity contribution in [1.82, 2.24) is 0 Å². The number of benzene rings is 3. The molecule has 35 heavy (non-hydrogen) atoms. The van der Waals surface area contributed by atoms with E-state index < -0.39 is 28.7 Å². The summed E-state index contributed by atoms with van der Waals surface area (Å²) < 4.78 is 48.3. The zero-order chi connectivity index (χ0) is 26.0. The van der Waals surface area contributed by atoms with E-state index in [1.54, 1.807) is 25.1 Å². The normalized spacial score (nSPS) is 16.3. The zero-order valence-electron chi connectivity index (χ0n) is 19.4. The summed E-state index contributed by atoms with van der Waals surface area (Å²) in [5.74, 6) is 0.413. The molecule has 0 aliphatic rings. The molecule has 0 radical (unpaired) electrons. The first-order chi connectivity index (χ1) is 16.4. The molecular formula is C26H28BrClF3N3O. The van der Waals surface area contributed by atoms with Gasteiger partial charge in [-0.05, 0) is 60.4 Å². The minimum Gasteiger partial charge on any atom is -0.495 e. The fraction of sp³-hybridized carbons (Fsp3) is 0.308. The number of hydrogen-bond acceptors (Lipinski definition) is 4. The van der Waals surface area contributed by atoms with Gasteiger partial charge in [0.15, 0.2) is 0 Å². The minimum atomic E-state index is -4.62. The Morgan fingerprint density at radius 2 is 1.66 bits per heavy atom. The van der Waals surface area contributed by atoms with Gasteiger partial charge < -0.3 is 21.9 Å². The van der Waals surface area contributed by atoms with Crippen molar-refractivity contribution in [3.8, 4) is 5.75 Å². The van der Waals surface area contributed by atoms with Gasteiger partial charge in [0.1, 0.15) is 5.75 Å². The van der Waals surface area contributed by atoms with Crippen LogP contribution in [0.2, 0.25) is 5.02 Å². The topological polar surface area (TPSA) is 87.3 Å². The second kappa shape index (κ2) is 10.5. The van der Waals surface area contributed by atoms with E-state index in [4.69, 9.17) is 33.5 Å². The van der Waals surface area contributed by atoms with Crippen LogP contribution in [-0.2, 0) is 23.6 Å². The summed E-state index contributed by atoms with van der Waals surface area (Å²) in [4.78, 5) is 0. The van der Waals surface area contributed by atoms with Crippen LogP contribution in [0.4, 0.5) is 13.2 Å². The second-order valence-electron chi connectivity index (χ2n) is 8.71. The van der Waals surface area contributed by atoms with Gasteiger partial charge in [-0.3, -0.25) is 0 Å². The van der Waals surface area contributed by atoms with Crippen molar-refractivity contribution in [2.24, 2.45) is 17.2 Å². The van der Waals surface area contributed by atoms with E-state index in [9.17, 15) is 13.2 Å². The Hall–Kier alpha value is -2.10. The molecule has 0 aromatic heterocycles. The lowest BCUT2D eigenvalue weighted by molar-refractivity contribution is -0.139. The highest BCUT2D eigenvalue weighted by molar-refractivity contribution is 9.10. The summed E-state index contributed by atoms with van der Waals surface area (Å²) in [6.07, 6.45) is -4.31. The lowest BCUT2D eigenvalue weighted by Gasteiger charge is -2.51. The van der Waals surface area contributed by atoms with Crippen molar-refractivity contribution in [2.75, 3.05) is 13.7 Å². The Bertz CT molecular complexity index is 1190. The van der Waals surface area contributed by atoms with Crippen molar-refractivity contribution in [3.05, 3.63) is 98.5 Å². The number of methoxy groups -OCH3 is 1. The van der Waals surface area contributed by atoms with E-state index in [1.807, 2.05) is 24.3 Å². The minimum absolute atomic E-state index is 0.102. The molecule has 0 amide bonds. The Balaban J connectivity index is 2.29. The molecule has 3 unspecified atom stereocenters. The summed E-state index contributed by atoms with van der Waals surface area (Å²) in [5, 5.41) is 0.275. The molecule has 0 spiro atoms. The van der Waals surface area contributed by atoms with Crippen LogP contribution < -0.4 is 21.9 Å². The van der Waals surface area contributed by atoms with Gasteiger partial charge >= 0.3 is 6.18 Å². The lowest BCUT2D eigenvalue weighted by atomic mass is 9.58. The molecule has 0 heterocycles. The molecule has 3 atom stereocenters. The summed E-state index contributed by atoms with van der Waals surface area (Å²) >= 11 is 9.90. The van der Waals surface area contributed by atoms with Crippen molar-refractivity contribution >= 4 is 27.5 Å². The van der Waals surface area contributed by atoms with Crippen LogP contribution in [0.3, 0.4) is 0 Å². The molecule has 3 aromatic rings. The van der Waals surface area contributed by atoms with E-state index in [1.165, 1.54) is 25.3 Å². The fourth-order valence-electron chi connectivity index (χ4n) is 4.84. The molecule has 0 aliphatic heterocycles. The molecule has 188 valence electrons. The van der Waals surface area contributed by atoms with Crippen molar-refractivity contribution in [1.29, 1.82) is 0 Å². The van der Waals surface area contributed by atoms with Crippen LogP contribution in [0.1, 0.15) is 29.2 Å². The van der Waals surface area contributed by atoms with E-state index in [0.29, 0.717) is 17.7 Å². The number of hydrogen-bond donors (Lipinski definition) is 3. The molecule has 0 saturated carbocycles. The van der Waals surface area contributed by atoms with Gasteiger partial charge in [0.05, 0.1) is 23.2 Å². The molecule has 4 nitrogen and oxygen atoms in total. The summed E-state index contributed by atoms with van der Waals surface area (Å²) in [7, 11) is 1.47. The number of rotatable bonds is 8. The number of ether oxygens (including phenoxy) is 1. The first-order valence-electron chi connectivity index (χ1n) is 10.9. The maximum Gasteiger partial charge on any atom is 0.416 e. The van der Waals surface area contributed by atoms with Crippen LogP contribution in [0.25, 0.3) is 0 Å². The van der Waals surface area contributed by atoms with Crippen molar-refractivity contribution in [3.63, 3.8) is 0 Å². The van der Waals surface area contributed by atoms with Gasteiger partial charge in [-0.1, -0.05) is 63.9 Å². The van der Waals surface area contributed by atoms with Gasteiger partial charge in [0, 0.05) is 22.5 Å². The zero-order valence-corrected chi connectivity index (χ0v) is 21.7. The number of halogens is 5. The Morgan fingerprint density at radius 3 is 2.20 bits per heavy atom. The fourth-order valence-corrected chi connectivity index (χ4v) is 5.54. The summed E-state index contributed by atoms with van der Waals surface area (Å²) in [6, 6.07) is 17.0. The van der Waals surface area contributed by atoms with Crippen LogP contribution >= 0.6 is 27.5 Å². The van der Waals surface area contributed by atoms with Gasteiger partial charge in [0.25, 0.3) is 0 Å². The van der Waals surface area contributed by atoms with Crippen molar-refractivity contribution < 1.29 is 17.9 Å². The molecule has 9 heteroatoms. The van der Waals surface area contributed by atoms with Gasteiger partial charge in [-0.2, -0.15) is 13.2 Å². The van der Waals surface area contributed by atoms with Crippen LogP contribution in [0.5, 0.6) is 5.75 Å². The predicted molar refractivity (Wildman–Crippen MR) is 138 cm³/mol. The van der Waals surface area contributed by atoms with E-state index in [0.717, 1.165) is 16.1 Å². The molecule has 6 N–H and O–H groups in total. The Labute approximate surface area is 216 Å². The molecule has 0 bridgehead atoms. The summed E-state index contributed by atoms with van der Waals surface area (Å²) in [6.45, 7) is 1.41. The molecule has 0 fully saturated rings. The quantitative estimate of drug-likeness (QED) is 0.321. The maximum atomic E-state index is 14.1. The first kappa shape index (κ1) is 27.5. The predicted octanol–water partition coefficient (Wildman–Crippen LogP) is 5.77. The Kier molecular flexibility index (Phi) is 8.23. The third-order valence-corrected chi connectivity index (χ3v) is 7.47. The van der Waals surface area contributed by atoms with Gasteiger partial charge in [-0.15, -0.1) is 0 Å². The molecular weight excluding hydrogens is 543 g/mol. The maximum absolute atomic E-state index is 14.1. The second-order valence-corrected chi connectivity index (χ2v) is 10.0. The first-order valence-corrected chi connectivity index (χ1v) is 12.0.